The molecule has 6 heteroatoms. The average molecular weight is 317 g/mol. The third-order valence-corrected chi connectivity index (χ3v) is 4.39. The zero-order valence-corrected chi connectivity index (χ0v) is 12.1. The third-order valence-electron chi connectivity index (χ3n) is 2.86. The van der Waals surface area contributed by atoms with E-state index in [-0.39, 0.29) is 6.79 Å². The molecule has 0 spiro atoms. The van der Waals surface area contributed by atoms with Gasteiger partial charge in [0.05, 0.1) is 15.5 Å². The van der Waals surface area contributed by atoms with Gasteiger partial charge in [-0.05, 0) is 29.8 Å². The SMILES string of the molecule is OC(Cc1ccc(Cl)s1)c1cc(Cl)c2c(c1)OCO2. The van der Waals surface area contributed by atoms with Gasteiger partial charge in [-0.3, -0.25) is 0 Å². The largest absolute Gasteiger partial charge is 0.454 e. The normalized spacial score (nSPS) is 14.7. The Morgan fingerprint density at radius 2 is 2.11 bits per heavy atom. The van der Waals surface area contributed by atoms with Crippen LogP contribution in [0.1, 0.15) is 16.5 Å². The van der Waals surface area contributed by atoms with Gasteiger partial charge < -0.3 is 14.6 Å². The molecule has 2 aromatic rings. The van der Waals surface area contributed by atoms with E-state index in [0.717, 1.165) is 4.88 Å². The first-order chi connectivity index (χ1) is 9.13. The summed E-state index contributed by atoms with van der Waals surface area (Å²) in [6.45, 7) is 0.162. The minimum Gasteiger partial charge on any atom is -0.454 e. The van der Waals surface area contributed by atoms with Crippen LogP contribution < -0.4 is 9.47 Å². The lowest BCUT2D eigenvalue weighted by Gasteiger charge is -2.11. The van der Waals surface area contributed by atoms with Crippen LogP contribution in [-0.2, 0) is 6.42 Å². The molecule has 1 unspecified atom stereocenters. The molecule has 0 amide bonds. The summed E-state index contributed by atoms with van der Waals surface area (Å²) in [5.74, 6) is 1.11. The maximum absolute atomic E-state index is 10.2. The summed E-state index contributed by atoms with van der Waals surface area (Å²) in [5, 5.41) is 10.7. The van der Waals surface area contributed by atoms with E-state index in [1.54, 1.807) is 12.1 Å². The highest BCUT2D eigenvalue weighted by molar-refractivity contribution is 7.16. The van der Waals surface area contributed by atoms with Crippen molar-refractivity contribution in [3.8, 4) is 11.5 Å². The van der Waals surface area contributed by atoms with Crippen molar-refractivity contribution in [3.05, 3.63) is 44.1 Å². The van der Waals surface area contributed by atoms with Gasteiger partial charge >= 0.3 is 0 Å². The van der Waals surface area contributed by atoms with Crippen molar-refractivity contribution in [2.75, 3.05) is 6.79 Å². The lowest BCUT2D eigenvalue weighted by molar-refractivity contribution is 0.171. The molecule has 2 heterocycles. The molecule has 0 fully saturated rings. The molecule has 3 rings (SSSR count). The number of hydrogen-bond donors (Lipinski definition) is 1. The number of fused-ring (bicyclic) bond motifs is 1. The molecular weight excluding hydrogens is 307 g/mol. The molecule has 100 valence electrons. The highest BCUT2D eigenvalue weighted by atomic mass is 35.5. The predicted octanol–water partition coefficient (Wildman–Crippen LogP) is 4.06. The summed E-state index contributed by atoms with van der Waals surface area (Å²) in [6.07, 6.45) is -0.158. The summed E-state index contributed by atoms with van der Waals surface area (Å²) < 4.78 is 11.2. The smallest absolute Gasteiger partial charge is 0.231 e. The molecule has 19 heavy (non-hydrogen) atoms. The van der Waals surface area contributed by atoms with Crippen molar-refractivity contribution in [1.82, 2.24) is 0 Å². The highest BCUT2D eigenvalue weighted by Gasteiger charge is 2.21. The number of rotatable bonds is 3. The lowest BCUT2D eigenvalue weighted by Crippen LogP contribution is -2.00. The maximum Gasteiger partial charge on any atom is 0.231 e. The first-order valence-electron chi connectivity index (χ1n) is 5.65. The van der Waals surface area contributed by atoms with E-state index in [9.17, 15) is 5.11 Å². The highest BCUT2D eigenvalue weighted by Crippen LogP contribution is 2.41. The third kappa shape index (κ3) is 2.67. The Balaban J connectivity index is 1.84. The Labute approximate surface area is 124 Å². The topological polar surface area (TPSA) is 38.7 Å². The van der Waals surface area contributed by atoms with E-state index in [0.29, 0.717) is 32.8 Å². The van der Waals surface area contributed by atoms with Crippen molar-refractivity contribution in [1.29, 1.82) is 0 Å². The van der Waals surface area contributed by atoms with Crippen LogP contribution in [0.4, 0.5) is 0 Å². The van der Waals surface area contributed by atoms with E-state index in [1.807, 2.05) is 12.1 Å². The molecule has 3 nitrogen and oxygen atoms in total. The van der Waals surface area contributed by atoms with Crippen molar-refractivity contribution < 1.29 is 14.6 Å². The van der Waals surface area contributed by atoms with Crippen LogP contribution in [0.5, 0.6) is 11.5 Å². The summed E-state index contributed by atoms with van der Waals surface area (Å²) in [6, 6.07) is 7.19. The van der Waals surface area contributed by atoms with Crippen LogP contribution in [0.25, 0.3) is 0 Å². The first-order valence-corrected chi connectivity index (χ1v) is 7.22. The molecule has 1 aliphatic heterocycles. The Kier molecular flexibility index (Phi) is 3.58. The Hall–Kier alpha value is -0.940. The van der Waals surface area contributed by atoms with Crippen molar-refractivity contribution in [2.24, 2.45) is 0 Å². The quantitative estimate of drug-likeness (QED) is 0.928. The summed E-state index contributed by atoms with van der Waals surface area (Å²) in [7, 11) is 0. The second-order valence-corrected chi connectivity index (χ2v) is 6.37. The number of benzene rings is 1. The van der Waals surface area contributed by atoms with Crippen LogP contribution >= 0.6 is 34.5 Å². The minimum atomic E-state index is -0.651. The molecule has 0 saturated heterocycles. The molecule has 1 atom stereocenters. The van der Waals surface area contributed by atoms with Crippen LogP contribution in [0.15, 0.2) is 24.3 Å². The number of hydrogen-bond acceptors (Lipinski definition) is 4. The molecule has 1 aromatic heterocycles. The standard InChI is InChI=1S/C13H10Cl2O3S/c14-9-3-7(4-11-13(9)18-6-17-11)10(16)5-8-1-2-12(15)19-8/h1-4,10,16H,5-6H2. The second-order valence-electron chi connectivity index (χ2n) is 4.16. The fraction of sp³-hybridized carbons (Fsp3) is 0.231. The molecule has 1 N–H and O–H groups in total. The number of aliphatic hydroxyl groups is 1. The van der Waals surface area contributed by atoms with Crippen LogP contribution in [0.3, 0.4) is 0 Å². The van der Waals surface area contributed by atoms with E-state index in [1.165, 1.54) is 11.3 Å². The predicted molar refractivity (Wildman–Crippen MR) is 75.6 cm³/mol. The molecule has 0 bridgehead atoms. The number of aliphatic hydroxyl groups excluding tert-OH is 1. The number of thiophene rings is 1. The summed E-state index contributed by atoms with van der Waals surface area (Å²) in [4.78, 5) is 1.02. The van der Waals surface area contributed by atoms with Gasteiger partial charge in [0.15, 0.2) is 11.5 Å². The number of halogens is 2. The van der Waals surface area contributed by atoms with Crippen molar-refractivity contribution in [2.45, 2.75) is 12.5 Å². The molecule has 0 radical (unpaired) electrons. The fourth-order valence-electron chi connectivity index (χ4n) is 1.95. The first kappa shape index (κ1) is 13.1. The van der Waals surface area contributed by atoms with Crippen LogP contribution in [0, 0.1) is 0 Å². The van der Waals surface area contributed by atoms with Gasteiger partial charge in [0.2, 0.25) is 6.79 Å². The molecular formula is C13H10Cl2O3S. The molecule has 1 aromatic carbocycles. The molecule has 0 saturated carbocycles. The van der Waals surface area contributed by atoms with Gasteiger partial charge in [-0.1, -0.05) is 23.2 Å². The Morgan fingerprint density at radius 3 is 2.84 bits per heavy atom. The van der Waals surface area contributed by atoms with E-state index in [4.69, 9.17) is 32.7 Å². The summed E-state index contributed by atoms with van der Waals surface area (Å²) >= 11 is 13.4. The molecule has 0 aliphatic carbocycles. The van der Waals surface area contributed by atoms with E-state index in [2.05, 4.69) is 0 Å². The van der Waals surface area contributed by atoms with Gasteiger partial charge in [-0.2, -0.15) is 0 Å². The zero-order valence-electron chi connectivity index (χ0n) is 9.73. The second kappa shape index (κ2) is 5.21. The van der Waals surface area contributed by atoms with Gasteiger partial charge in [0.1, 0.15) is 0 Å². The summed E-state index contributed by atoms with van der Waals surface area (Å²) in [5.41, 5.74) is 0.707. The maximum atomic E-state index is 10.2. The number of ether oxygens (including phenoxy) is 2. The average Bonchev–Trinajstić information content (AvgIpc) is 2.98. The van der Waals surface area contributed by atoms with Crippen LogP contribution in [0.2, 0.25) is 9.36 Å². The van der Waals surface area contributed by atoms with Gasteiger partial charge in [0.25, 0.3) is 0 Å². The van der Waals surface area contributed by atoms with E-state index < -0.39 is 6.10 Å². The Morgan fingerprint density at radius 1 is 1.26 bits per heavy atom. The zero-order chi connectivity index (χ0) is 13.4. The van der Waals surface area contributed by atoms with Gasteiger partial charge in [-0.25, -0.2) is 0 Å². The lowest BCUT2D eigenvalue weighted by atomic mass is 10.1. The van der Waals surface area contributed by atoms with Crippen molar-refractivity contribution in [3.63, 3.8) is 0 Å². The monoisotopic (exact) mass is 316 g/mol. The Bertz CT molecular complexity index is 612. The van der Waals surface area contributed by atoms with E-state index >= 15 is 0 Å². The van der Waals surface area contributed by atoms with Crippen molar-refractivity contribution >= 4 is 34.5 Å². The minimum absolute atomic E-state index is 0.162. The van der Waals surface area contributed by atoms with Crippen LogP contribution in [-0.4, -0.2) is 11.9 Å². The van der Waals surface area contributed by atoms with Gasteiger partial charge in [-0.15, -0.1) is 11.3 Å². The van der Waals surface area contributed by atoms with Gasteiger partial charge in [0, 0.05) is 11.3 Å². The fourth-order valence-corrected chi connectivity index (χ4v) is 3.35. The molecule has 1 aliphatic rings.